The minimum atomic E-state index is -1.44. The SMILES string of the molecule is Cc1ccc(OC(C)F)c([C@@H]2CCn3c(=O)c4ccc(-c5cnc(C(C)(C)O)nc5)cc4n32)c1.Cc1ccc(OC(C)F)c([C@@H]2CCn3c(=O)c4ccc(-c5cnc(N6CCN7C(=O)NC[C@H]7C6)nc5)cc4n32)c1.Cc1ccc(OC(C)F)c([C@H]2CCn3c(=O)c4ccc(-c5cnc(C(C)(C)O)nc5)cc4n32)c1.Cc1ccc(OC(C)F)c([C@H]2CCn3c(=O)c4ccc(-c5cnc(N6CCN7C(=O)NC[C@H]7C6)nc5)cc4n32)c1. The summed E-state index contributed by atoms with van der Waals surface area (Å²) in [7, 11) is 0. The molecular formula is C110H114F4N22O12. The molecule has 8 aliphatic heterocycles. The molecule has 148 heavy (non-hydrogen) atoms. The molecule has 16 heterocycles. The lowest BCUT2D eigenvalue weighted by Crippen LogP contribution is -2.52. The van der Waals surface area contributed by atoms with E-state index in [9.17, 15) is 56.5 Å². The highest BCUT2D eigenvalue weighted by atomic mass is 19.2. The molecule has 4 amide bonds. The molecule has 38 heteroatoms. The van der Waals surface area contributed by atoms with Crippen molar-refractivity contribution in [2.45, 2.75) is 208 Å². The van der Waals surface area contributed by atoms with Gasteiger partial charge in [-0.3, -0.25) is 37.9 Å². The van der Waals surface area contributed by atoms with Crippen molar-refractivity contribution >= 4 is 67.6 Å². The highest BCUT2D eigenvalue weighted by molar-refractivity contribution is 5.89. The number of aryl methyl sites for hydroxylation is 4. The zero-order chi connectivity index (χ0) is 103. The maximum atomic E-state index is 13.9. The zero-order valence-corrected chi connectivity index (χ0v) is 84.0. The maximum absolute atomic E-state index is 13.9. The van der Waals surface area contributed by atoms with Crippen LogP contribution in [0.25, 0.3) is 88.1 Å². The quantitative estimate of drug-likeness (QED) is 0.0515. The molecule has 0 aliphatic carbocycles. The Balaban J connectivity index is 0.000000116. The van der Waals surface area contributed by atoms with Crippen LogP contribution in [0.5, 0.6) is 23.0 Å². The number of benzene rings is 8. The van der Waals surface area contributed by atoms with Gasteiger partial charge in [0.05, 0.1) is 79.9 Å². The zero-order valence-electron chi connectivity index (χ0n) is 84.0. The van der Waals surface area contributed by atoms with Crippen molar-refractivity contribution in [2.75, 3.05) is 62.2 Å². The lowest BCUT2D eigenvalue weighted by atomic mass is 10.0. The third kappa shape index (κ3) is 18.8. The lowest BCUT2D eigenvalue weighted by Gasteiger charge is -2.36. The van der Waals surface area contributed by atoms with Crippen molar-refractivity contribution in [3.05, 3.63) is 293 Å². The smallest absolute Gasteiger partial charge is 0.317 e. The summed E-state index contributed by atoms with van der Waals surface area (Å²) in [6.07, 6.45) is 11.0. The summed E-state index contributed by atoms with van der Waals surface area (Å²) in [5, 5.41) is 28.6. The van der Waals surface area contributed by atoms with E-state index in [1.807, 2.05) is 178 Å². The predicted molar refractivity (Wildman–Crippen MR) is 552 cm³/mol. The number of anilines is 2. The second-order valence-electron chi connectivity index (χ2n) is 40.3. The maximum Gasteiger partial charge on any atom is 0.317 e. The van der Waals surface area contributed by atoms with Gasteiger partial charge in [0.15, 0.2) is 11.6 Å². The third-order valence-corrected chi connectivity index (χ3v) is 28.8. The molecule has 4 saturated heterocycles. The molecule has 4 N–H and O–H groups in total. The van der Waals surface area contributed by atoms with Crippen molar-refractivity contribution in [1.29, 1.82) is 0 Å². The first-order valence-electron chi connectivity index (χ1n) is 50.0. The van der Waals surface area contributed by atoms with E-state index in [-0.39, 0.29) is 70.6 Å². The third-order valence-electron chi connectivity index (χ3n) is 28.8. The molecule has 16 aromatic rings. The minimum Gasteiger partial charge on any atom is -0.460 e. The number of hydrogen-bond donors (Lipinski definition) is 4. The Morgan fingerprint density at radius 1 is 0.324 bits per heavy atom. The molecule has 8 aliphatic rings. The Labute approximate surface area is 847 Å². The van der Waals surface area contributed by atoms with Gasteiger partial charge in [0.1, 0.15) is 34.2 Å². The van der Waals surface area contributed by atoms with Crippen LogP contribution in [0.4, 0.5) is 39.0 Å². The van der Waals surface area contributed by atoms with Gasteiger partial charge in [0, 0.05) is 200 Å². The molecule has 0 radical (unpaired) electrons. The highest BCUT2D eigenvalue weighted by Crippen LogP contribution is 2.45. The van der Waals surface area contributed by atoms with Crippen LogP contribution in [0.1, 0.15) is 161 Å². The highest BCUT2D eigenvalue weighted by Gasteiger charge is 2.41. The molecule has 4 fully saturated rings. The monoisotopic (exact) mass is 2010 g/mol. The summed E-state index contributed by atoms with van der Waals surface area (Å²) in [6.45, 7) is 27.5. The fourth-order valence-corrected chi connectivity index (χ4v) is 21.9. The number of nitrogens with one attached hydrogen (secondary N) is 2. The van der Waals surface area contributed by atoms with Crippen LogP contribution in [0.3, 0.4) is 0 Å². The summed E-state index contributed by atoms with van der Waals surface area (Å²) in [6, 6.07) is 45.3. The molecule has 0 spiro atoms. The van der Waals surface area contributed by atoms with Gasteiger partial charge in [-0.1, -0.05) is 95.1 Å². The Kier molecular flexibility index (Phi) is 26.0. The first-order valence-corrected chi connectivity index (χ1v) is 50.0. The van der Waals surface area contributed by atoms with Crippen molar-refractivity contribution in [1.82, 2.24) is 97.8 Å². The number of alkyl halides is 4. The second-order valence-corrected chi connectivity index (χ2v) is 40.3. The van der Waals surface area contributed by atoms with E-state index >= 15 is 0 Å². The molecule has 24 rings (SSSR count). The lowest BCUT2D eigenvalue weighted by molar-refractivity contribution is 0.0682. The van der Waals surface area contributed by atoms with Gasteiger partial charge >= 0.3 is 12.1 Å². The van der Waals surface area contributed by atoms with Gasteiger partial charge in [-0.15, -0.1) is 0 Å². The largest absolute Gasteiger partial charge is 0.460 e. The molecule has 4 unspecified atom stereocenters. The fourth-order valence-electron chi connectivity index (χ4n) is 21.9. The number of piperazine rings is 2. The van der Waals surface area contributed by atoms with Gasteiger partial charge in [-0.25, -0.2) is 85.7 Å². The van der Waals surface area contributed by atoms with E-state index in [1.54, 1.807) is 120 Å². The second kappa shape index (κ2) is 39.2. The van der Waals surface area contributed by atoms with E-state index in [4.69, 9.17) is 18.9 Å². The van der Waals surface area contributed by atoms with E-state index in [2.05, 4.69) is 60.3 Å². The summed E-state index contributed by atoms with van der Waals surface area (Å²) in [5.74, 6) is 3.91. The van der Waals surface area contributed by atoms with E-state index in [0.717, 1.165) is 111 Å². The van der Waals surface area contributed by atoms with E-state index < -0.39 is 36.6 Å². The predicted octanol–water partition coefficient (Wildman–Crippen LogP) is 15.9. The van der Waals surface area contributed by atoms with Crippen LogP contribution in [0.15, 0.2) is 214 Å². The van der Waals surface area contributed by atoms with Crippen molar-refractivity contribution in [3.63, 3.8) is 0 Å². The van der Waals surface area contributed by atoms with E-state index in [0.29, 0.717) is 172 Å². The van der Waals surface area contributed by atoms with Crippen LogP contribution in [-0.4, -0.2) is 199 Å². The van der Waals surface area contributed by atoms with Crippen LogP contribution in [-0.2, 0) is 37.4 Å². The number of aromatic nitrogens is 16. The fraction of sp³-hybridized carbons (Fsp3) is 0.364. The Bertz CT molecular complexity index is 7630. The van der Waals surface area contributed by atoms with Gasteiger partial charge < -0.3 is 59.4 Å². The number of amides is 4. The van der Waals surface area contributed by atoms with Crippen molar-refractivity contribution in [3.8, 4) is 67.5 Å². The number of urea groups is 2. The molecule has 10 atom stereocenters. The first-order chi connectivity index (χ1) is 71.0. The van der Waals surface area contributed by atoms with Crippen LogP contribution >= 0.6 is 0 Å². The number of carbonyl (C=O) groups excluding carboxylic acids is 2. The van der Waals surface area contributed by atoms with Gasteiger partial charge in [-0.05, 0) is 176 Å². The van der Waals surface area contributed by atoms with Gasteiger partial charge in [0.2, 0.25) is 37.3 Å². The molecule has 34 nitrogen and oxygen atoms in total. The Morgan fingerprint density at radius 3 is 0.804 bits per heavy atom. The topological polar surface area (TPSA) is 359 Å². The summed E-state index contributed by atoms with van der Waals surface area (Å²) in [5.41, 5.74) is 15.1. The van der Waals surface area contributed by atoms with Gasteiger partial charge in [-0.2, -0.15) is 0 Å². The normalized spacial score (nSPS) is 18.9. The molecule has 8 aromatic heterocycles. The van der Waals surface area contributed by atoms with Gasteiger partial charge in [0.25, 0.3) is 22.2 Å². The number of ether oxygens (including phenoxy) is 4. The van der Waals surface area contributed by atoms with Crippen molar-refractivity contribution < 1.29 is 56.3 Å². The Hall–Kier alpha value is -15.9. The average Bonchev–Trinajstić information content (AvgIpc) is 1.59. The Morgan fingerprint density at radius 2 is 0.568 bits per heavy atom. The summed E-state index contributed by atoms with van der Waals surface area (Å²) >= 11 is 0. The number of carbonyl (C=O) groups is 2. The van der Waals surface area contributed by atoms with E-state index in [1.165, 1.54) is 27.7 Å². The number of rotatable bonds is 20. The average molecular weight is 2010 g/mol. The molecular weight excluding hydrogens is 1900 g/mol. The van der Waals surface area contributed by atoms with Crippen LogP contribution in [0, 0.1) is 27.7 Å². The van der Waals surface area contributed by atoms with Crippen LogP contribution < -0.4 is 61.6 Å². The van der Waals surface area contributed by atoms with Crippen molar-refractivity contribution in [2.24, 2.45) is 0 Å². The molecule has 0 saturated carbocycles. The van der Waals surface area contributed by atoms with Crippen LogP contribution in [0.2, 0.25) is 0 Å². The molecule has 8 aromatic carbocycles. The molecule has 764 valence electrons. The number of nitrogens with zero attached hydrogens (tertiary/aromatic N) is 20. The molecule has 0 bridgehead atoms. The standard InChI is InChI=1S/2C29H30FN7O3.2C26H27FN4O3/c2*1-17-3-6-26(40-18(2)30)23(11-17)24-7-8-36-27(38)22-5-4-19(12-25(22)37(24)36)20-13-31-28(32-14-20)34-9-10-35-21(16-34)15-33-29(35)39;2*1-15-5-8-23(34-16(2)27)20(11-15)21-9-10-30-24(32)19-7-6-17(12-22(19)31(21)30)18-13-28-25(29-14-18)26(3,4)33/h2*3-6,11-14,18,21,24H,7-10,15-16H2,1-2H3,(H,33,39);2*5-8,11-14,16,21,33H,9-10H2,1-4H3/t18?,21-,24+;18?,21-,24-;2*16?,21-/m0010/s1. The number of fused-ring (bicyclic) bond motifs is 14. The number of aliphatic hydroxyl groups is 2. The summed E-state index contributed by atoms with van der Waals surface area (Å²) in [4.78, 5) is 120. The minimum absolute atomic E-state index is 0.00191. The first kappa shape index (κ1) is 98.2. The number of halogens is 4. The summed E-state index contributed by atoms with van der Waals surface area (Å²) < 4.78 is 92.2. The number of hydrogen-bond acceptors (Lipinski definition) is 22.